The predicted octanol–water partition coefficient (Wildman–Crippen LogP) is 2.91. The summed E-state index contributed by atoms with van der Waals surface area (Å²) < 4.78 is 7.14. The maximum absolute atomic E-state index is 13.0. The Labute approximate surface area is 171 Å². The summed E-state index contributed by atoms with van der Waals surface area (Å²) in [4.78, 5) is 15.3. The van der Waals surface area contributed by atoms with Crippen LogP contribution in [-0.4, -0.2) is 60.0 Å². The third-order valence-electron chi connectivity index (χ3n) is 5.12. The lowest BCUT2D eigenvalue weighted by atomic mass is 10.1. The number of morpholine rings is 1. The largest absolute Gasteiger partial charge is 0.379 e. The maximum atomic E-state index is 13.0. The van der Waals surface area contributed by atoms with Crippen LogP contribution in [-0.2, 0) is 4.74 Å². The fourth-order valence-electron chi connectivity index (χ4n) is 3.43. The highest BCUT2D eigenvalue weighted by Gasteiger charge is 2.19. The van der Waals surface area contributed by atoms with Gasteiger partial charge in [-0.1, -0.05) is 48.0 Å². The van der Waals surface area contributed by atoms with Crippen molar-refractivity contribution in [3.05, 3.63) is 71.9 Å². The van der Waals surface area contributed by atoms with Gasteiger partial charge in [0.15, 0.2) is 0 Å². The van der Waals surface area contributed by atoms with E-state index in [9.17, 15) is 4.79 Å². The SMILES string of the molecule is Cc1ccc(-c2nn(-c3ccccc3)cc2C(=O)NCCN2CCOCC2)cc1. The van der Waals surface area contributed by atoms with Gasteiger partial charge < -0.3 is 10.1 Å². The van der Waals surface area contributed by atoms with Crippen LogP contribution in [0.2, 0.25) is 0 Å². The van der Waals surface area contributed by atoms with Crippen molar-refractivity contribution in [2.24, 2.45) is 0 Å². The smallest absolute Gasteiger partial charge is 0.255 e. The van der Waals surface area contributed by atoms with Gasteiger partial charge in [-0.2, -0.15) is 5.10 Å². The minimum Gasteiger partial charge on any atom is -0.379 e. The van der Waals surface area contributed by atoms with Gasteiger partial charge in [-0.25, -0.2) is 4.68 Å². The number of hydrogen-bond acceptors (Lipinski definition) is 4. The summed E-state index contributed by atoms with van der Waals surface area (Å²) in [6.45, 7) is 6.81. The van der Waals surface area contributed by atoms with E-state index in [0.717, 1.165) is 44.1 Å². The van der Waals surface area contributed by atoms with Gasteiger partial charge in [-0.05, 0) is 19.1 Å². The van der Waals surface area contributed by atoms with Crippen LogP contribution in [0.15, 0.2) is 60.8 Å². The van der Waals surface area contributed by atoms with Gasteiger partial charge in [0.2, 0.25) is 0 Å². The molecule has 1 aliphatic heterocycles. The maximum Gasteiger partial charge on any atom is 0.255 e. The van der Waals surface area contributed by atoms with Crippen molar-refractivity contribution >= 4 is 5.91 Å². The first kappa shape index (κ1) is 19.4. The Morgan fingerprint density at radius 1 is 1.07 bits per heavy atom. The first-order valence-corrected chi connectivity index (χ1v) is 10.0. The van der Waals surface area contributed by atoms with Crippen molar-refractivity contribution in [1.29, 1.82) is 0 Å². The molecule has 0 bridgehead atoms. The topological polar surface area (TPSA) is 59.4 Å². The van der Waals surface area contributed by atoms with Crippen molar-refractivity contribution in [3.8, 4) is 16.9 Å². The molecule has 2 heterocycles. The summed E-state index contributed by atoms with van der Waals surface area (Å²) in [5.41, 5.74) is 4.31. The number of para-hydroxylation sites is 1. The normalized spacial score (nSPS) is 14.7. The van der Waals surface area contributed by atoms with E-state index >= 15 is 0 Å². The number of ether oxygens (including phenoxy) is 1. The van der Waals surface area contributed by atoms with Crippen molar-refractivity contribution in [3.63, 3.8) is 0 Å². The van der Waals surface area contributed by atoms with Crippen LogP contribution in [0.4, 0.5) is 0 Å². The van der Waals surface area contributed by atoms with Crippen molar-refractivity contribution < 1.29 is 9.53 Å². The Morgan fingerprint density at radius 2 is 1.79 bits per heavy atom. The monoisotopic (exact) mass is 390 g/mol. The molecular formula is C23H26N4O2. The standard InChI is InChI=1S/C23H26N4O2/c1-18-7-9-19(10-8-18)22-21(17-27(25-22)20-5-3-2-4-6-20)23(28)24-11-12-26-13-15-29-16-14-26/h2-10,17H,11-16H2,1H3,(H,24,28). The third-order valence-corrected chi connectivity index (χ3v) is 5.12. The van der Waals surface area contributed by atoms with Crippen LogP contribution in [0, 0.1) is 6.92 Å². The molecule has 0 atom stereocenters. The molecular weight excluding hydrogens is 364 g/mol. The second-order valence-electron chi connectivity index (χ2n) is 7.25. The summed E-state index contributed by atoms with van der Waals surface area (Å²) in [6, 6.07) is 17.9. The zero-order chi connectivity index (χ0) is 20.1. The lowest BCUT2D eigenvalue weighted by Gasteiger charge is -2.26. The summed E-state index contributed by atoms with van der Waals surface area (Å²) in [5.74, 6) is -0.101. The molecule has 150 valence electrons. The molecule has 2 aromatic carbocycles. The van der Waals surface area contributed by atoms with E-state index < -0.39 is 0 Å². The van der Waals surface area contributed by atoms with Crippen LogP contribution in [0.5, 0.6) is 0 Å². The van der Waals surface area contributed by atoms with Crippen molar-refractivity contribution in [1.82, 2.24) is 20.0 Å². The highest BCUT2D eigenvalue weighted by Crippen LogP contribution is 2.24. The number of rotatable bonds is 6. The summed E-state index contributed by atoms with van der Waals surface area (Å²) in [5, 5.41) is 7.79. The highest BCUT2D eigenvalue weighted by atomic mass is 16.5. The predicted molar refractivity (Wildman–Crippen MR) is 113 cm³/mol. The number of aromatic nitrogens is 2. The van der Waals surface area contributed by atoms with Gasteiger partial charge in [0.1, 0.15) is 5.69 Å². The second-order valence-corrected chi connectivity index (χ2v) is 7.25. The van der Waals surface area contributed by atoms with E-state index in [-0.39, 0.29) is 5.91 Å². The highest BCUT2D eigenvalue weighted by molar-refractivity contribution is 5.99. The minimum absolute atomic E-state index is 0.101. The van der Waals surface area contributed by atoms with Gasteiger partial charge in [-0.3, -0.25) is 9.69 Å². The van der Waals surface area contributed by atoms with E-state index in [1.54, 1.807) is 4.68 Å². The average molecular weight is 390 g/mol. The van der Waals surface area contributed by atoms with Crippen LogP contribution in [0.25, 0.3) is 16.9 Å². The zero-order valence-electron chi connectivity index (χ0n) is 16.7. The Bertz CT molecular complexity index is 945. The minimum atomic E-state index is -0.101. The molecule has 1 amide bonds. The van der Waals surface area contributed by atoms with Crippen molar-refractivity contribution in [2.75, 3.05) is 39.4 Å². The molecule has 6 heteroatoms. The second kappa shape index (κ2) is 9.03. The molecule has 0 unspecified atom stereocenters. The van der Waals surface area contributed by atoms with Gasteiger partial charge in [-0.15, -0.1) is 0 Å². The number of nitrogens with zero attached hydrogens (tertiary/aromatic N) is 3. The molecule has 0 spiro atoms. The Morgan fingerprint density at radius 3 is 2.52 bits per heavy atom. The number of benzene rings is 2. The Balaban J connectivity index is 1.55. The zero-order valence-corrected chi connectivity index (χ0v) is 16.7. The number of aryl methyl sites for hydroxylation is 1. The fraction of sp³-hybridized carbons (Fsp3) is 0.304. The number of amides is 1. The van der Waals surface area contributed by atoms with E-state index in [2.05, 4.69) is 10.2 Å². The van der Waals surface area contributed by atoms with Crippen LogP contribution in [0.1, 0.15) is 15.9 Å². The van der Waals surface area contributed by atoms with Gasteiger partial charge in [0, 0.05) is 37.9 Å². The summed E-state index contributed by atoms with van der Waals surface area (Å²) in [6.07, 6.45) is 1.81. The van der Waals surface area contributed by atoms with E-state index in [1.165, 1.54) is 5.56 Å². The molecule has 4 rings (SSSR count). The van der Waals surface area contributed by atoms with Gasteiger partial charge in [0.05, 0.1) is 24.5 Å². The van der Waals surface area contributed by atoms with E-state index in [4.69, 9.17) is 9.84 Å². The quantitative estimate of drug-likeness (QED) is 0.703. The van der Waals surface area contributed by atoms with E-state index in [0.29, 0.717) is 17.8 Å². The van der Waals surface area contributed by atoms with Crippen molar-refractivity contribution in [2.45, 2.75) is 6.92 Å². The molecule has 3 aromatic rings. The molecule has 1 N–H and O–H groups in total. The van der Waals surface area contributed by atoms with Crippen LogP contribution < -0.4 is 5.32 Å². The Kier molecular flexibility index (Phi) is 6.03. The molecule has 0 aliphatic carbocycles. The summed E-state index contributed by atoms with van der Waals surface area (Å²) >= 11 is 0. The molecule has 1 aromatic heterocycles. The van der Waals surface area contributed by atoms with E-state index in [1.807, 2.05) is 67.7 Å². The van der Waals surface area contributed by atoms with Gasteiger partial charge in [0.25, 0.3) is 5.91 Å². The molecule has 0 saturated carbocycles. The molecule has 1 aliphatic rings. The molecule has 1 saturated heterocycles. The third kappa shape index (κ3) is 4.72. The number of carbonyl (C=O) groups excluding carboxylic acids is 1. The number of hydrogen-bond donors (Lipinski definition) is 1. The molecule has 1 fully saturated rings. The first-order valence-electron chi connectivity index (χ1n) is 10.0. The number of carbonyl (C=O) groups is 1. The molecule has 0 radical (unpaired) electrons. The summed E-state index contributed by atoms with van der Waals surface area (Å²) in [7, 11) is 0. The lowest BCUT2D eigenvalue weighted by molar-refractivity contribution is 0.0383. The average Bonchev–Trinajstić information content (AvgIpc) is 3.21. The fourth-order valence-corrected chi connectivity index (χ4v) is 3.43. The first-order chi connectivity index (χ1) is 14.2. The Hall–Kier alpha value is -2.96. The van der Waals surface area contributed by atoms with Gasteiger partial charge >= 0.3 is 0 Å². The molecule has 29 heavy (non-hydrogen) atoms. The van der Waals surface area contributed by atoms with Crippen LogP contribution in [0.3, 0.4) is 0 Å². The molecule has 6 nitrogen and oxygen atoms in total. The number of nitrogens with one attached hydrogen (secondary N) is 1. The lowest BCUT2D eigenvalue weighted by Crippen LogP contribution is -2.41. The van der Waals surface area contributed by atoms with Crippen LogP contribution >= 0.6 is 0 Å².